The second kappa shape index (κ2) is 6.54. The number of nitrogens with one attached hydrogen (secondary N) is 1. The molecule has 1 unspecified atom stereocenters. The van der Waals surface area contributed by atoms with Gasteiger partial charge < -0.3 is 15.4 Å². The lowest BCUT2D eigenvalue weighted by Crippen LogP contribution is -2.34. The highest BCUT2D eigenvalue weighted by atomic mass is 16.4. The van der Waals surface area contributed by atoms with Crippen LogP contribution in [0.15, 0.2) is 0 Å². The molecule has 0 aliphatic carbocycles. The first-order valence-corrected chi connectivity index (χ1v) is 5.03. The molecule has 0 saturated carbocycles. The standard InChI is InChI=1S/C10H20N2O2/c1-4-12(5-2)8(3)6-9(11)7-10(13)14/h8,11H,4-7H2,1-3H3,(H,13,14). The van der Waals surface area contributed by atoms with Crippen molar-refractivity contribution in [2.24, 2.45) is 0 Å². The molecule has 0 aromatic rings. The molecule has 0 amide bonds. The molecule has 0 rings (SSSR count). The van der Waals surface area contributed by atoms with Crippen molar-refractivity contribution < 1.29 is 9.90 Å². The summed E-state index contributed by atoms with van der Waals surface area (Å²) in [4.78, 5) is 12.6. The largest absolute Gasteiger partial charge is 0.481 e. The number of rotatable bonds is 7. The van der Waals surface area contributed by atoms with E-state index in [1.54, 1.807) is 0 Å². The molecule has 0 spiro atoms. The summed E-state index contributed by atoms with van der Waals surface area (Å²) < 4.78 is 0. The van der Waals surface area contributed by atoms with Gasteiger partial charge >= 0.3 is 5.97 Å². The maximum Gasteiger partial charge on any atom is 0.309 e. The zero-order valence-electron chi connectivity index (χ0n) is 9.21. The molecule has 1 atom stereocenters. The SMILES string of the molecule is CCN(CC)C(C)CC(=N)CC(=O)O. The quantitative estimate of drug-likeness (QED) is 0.613. The predicted octanol–water partition coefficient (Wildman–Crippen LogP) is 1.60. The monoisotopic (exact) mass is 200 g/mol. The smallest absolute Gasteiger partial charge is 0.309 e. The predicted molar refractivity (Wildman–Crippen MR) is 57.0 cm³/mol. The average molecular weight is 200 g/mol. The Labute approximate surface area is 85.4 Å². The molecule has 4 nitrogen and oxygen atoms in total. The van der Waals surface area contributed by atoms with Crippen LogP contribution in [0.4, 0.5) is 0 Å². The first-order chi connectivity index (χ1) is 6.51. The second-order valence-electron chi connectivity index (χ2n) is 3.45. The van der Waals surface area contributed by atoms with E-state index in [0.717, 1.165) is 13.1 Å². The molecule has 0 radical (unpaired) electrons. The van der Waals surface area contributed by atoms with Crippen LogP contribution in [0.3, 0.4) is 0 Å². The third kappa shape index (κ3) is 4.97. The fraction of sp³-hybridized carbons (Fsp3) is 0.800. The molecule has 0 saturated heterocycles. The Bertz CT molecular complexity index is 200. The molecule has 0 heterocycles. The van der Waals surface area contributed by atoms with Crippen molar-refractivity contribution in [2.75, 3.05) is 13.1 Å². The zero-order valence-corrected chi connectivity index (χ0v) is 9.21. The van der Waals surface area contributed by atoms with E-state index in [2.05, 4.69) is 18.7 Å². The number of aliphatic carboxylic acids is 1. The van der Waals surface area contributed by atoms with E-state index >= 15 is 0 Å². The maximum absolute atomic E-state index is 10.3. The van der Waals surface area contributed by atoms with Gasteiger partial charge in [-0.1, -0.05) is 13.8 Å². The summed E-state index contributed by atoms with van der Waals surface area (Å²) >= 11 is 0. The number of hydrogen-bond donors (Lipinski definition) is 2. The van der Waals surface area contributed by atoms with E-state index in [1.165, 1.54) is 0 Å². The number of hydrogen-bond acceptors (Lipinski definition) is 3. The lowest BCUT2D eigenvalue weighted by atomic mass is 10.1. The molecule has 82 valence electrons. The number of nitrogens with zero attached hydrogens (tertiary/aromatic N) is 1. The summed E-state index contributed by atoms with van der Waals surface area (Å²) in [5.74, 6) is -0.915. The van der Waals surface area contributed by atoms with Gasteiger partial charge in [-0.05, 0) is 20.0 Å². The molecule has 14 heavy (non-hydrogen) atoms. The highest BCUT2D eigenvalue weighted by molar-refractivity contribution is 5.96. The van der Waals surface area contributed by atoms with Gasteiger partial charge in [-0.3, -0.25) is 4.79 Å². The van der Waals surface area contributed by atoms with Crippen LogP contribution in [0.1, 0.15) is 33.6 Å². The summed E-state index contributed by atoms with van der Waals surface area (Å²) in [5, 5.41) is 16.0. The minimum Gasteiger partial charge on any atom is -0.481 e. The van der Waals surface area contributed by atoms with Gasteiger partial charge in [0.1, 0.15) is 0 Å². The Morgan fingerprint density at radius 1 is 1.43 bits per heavy atom. The molecule has 0 aromatic heterocycles. The lowest BCUT2D eigenvalue weighted by Gasteiger charge is -2.26. The lowest BCUT2D eigenvalue weighted by molar-refractivity contribution is -0.135. The fourth-order valence-corrected chi connectivity index (χ4v) is 1.59. The van der Waals surface area contributed by atoms with Gasteiger partial charge in [-0.2, -0.15) is 0 Å². The van der Waals surface area contributed by atoms with Crippen molar-refractivity contribution in [1.82, 2.24) is 4.90 Å². The normalized spacial score (nSPS) is 12.9. The van der Waals surface area contributed by atoms with Crippen molar-refractivity contribution in [1.29, 1.82) is 5.41 Å². The Morgan fingerprint density at radius 3 is 2.29 bits per heavy atom. The third-order valence-corrected chi connectivity index (χ3v) is 2.34. The number of carboxylic acids is 1. The maximum atomic E-state index is 10.3. The van der Waals surface area contributed by atoms with Crippen molar-refractivity contribution in [2.45, 2.75) is 39.7 Å². The first kappa shape index (κ1) is 13.1. The van der Waals surface area contributed by atoms with Crippen molar-refractivity contribution >= 4 is 11.7 Å². The van der Waals surface area contributed by atoms with E-state index in [4.69, 9.17) is 10.5 Å². The van der Waals surface area contributed by atoms with Crippen LogP contribution in [0.25, 0.3) is 0 Å². The second-order valence-corrected chi connectivity index (χ2v) is 3.45. The molecular formula is C10H20N2O2. The van der Waals surface area contributed by atoms with E-state index in [0.29, 0.717) is 12.1 Å². The number of carbonyl (C=O) groups is 1. The number of carboxylic acid groups (broad SMARTS) is 1. The summed E-state index contributed by atoms with van der Waals surface area (Å²) in [6, 6.07) is 0.261. The van der Waals surface area contributed by atoms with Gasteiger partial charge in [0.2, 0.25) is 0 Å². The summed E-state index contributed by atoms with van der Waals surface area (Å²) in [7, 11) is 0. The molecular weight excluding hydrogens is 180 g/mol. The van der Waals surface area contributed by atoms with Gasteiger partial charge in [0.05, 0.1) is 6.42 Å². The fourth-order valence-electron chi connectivity index (χ4n) is 1.59. The molecule has 0 aliphatic rings. The molecule has 0 aromatic carbocycles. The highest BCUT2D eigenvalue weighted by Gasteiger charge is 2.13. The summed E-state index contributed by atoms with van der Waals surface area (Å²) in [6.07, 6.45) is 0.416. The van der Waals surface area contributed by atoms with Gasteiger partial charge in [-0.15, -0.1) is 0 Å². The third-order valence-electron chi connectivity index (χ3n) is 2.34. The van der Waals surface area contributed by atoms with Gasteiger partial charge in [0, 0.05) is 18.2 Å². The Hall–Kier alpha value is -0.900. The van der Waals surface area contributed by atoms with Crippen LogP contribution >= 0.6 is 0 Å². The van der Waals surface area contributed by atoms with Crippen LogP contribution in [-0.2, 0) is 4.79 Å². The van der Waals surface area contributed by atoms with Gasteiger partial charge in [0.25, 0.3) is 0 Å². The molecule has 4 heteroatoms. The summed E-state index contributed by atoms with van der Waals surface area (Å²) in [5.41, 5.74) is 0.303. The van der Waals surface area contributed by atoms with Crippen LogP contribution in [0.5, 0.6) is 0 Å². The molecule has 2 N–H and O–H groups in total. The van der Waals surface area contributed by atoms with Crippen LogP contribution < -0.4 is 0 Å². The highest BCUT2D eigenvalue weighted by Crippen LogP contribution is 2.05. The Balaban J connectivity index is 3.97. The molecule has 0 bridgehead atoms. The van der Waals surface area contributed by atoms with Crippen LogP contribution in [0.2, 0.25) is 0 Å². The topological polar surface area (TPSA) is 64.4 Å². The van der Waals surface area contributed by atoms with Gasteiger partial charge in [0.15, 0.2) is 0 Å². The van der Waals surface area contributed by atoms with Crippen molar-refractivity contribution in [3.05, 3.63) is 0 Å². The Kier molecular flexibility index (Phi) is 6.12. The van der Waals surface area contributed by atoms with Crippen molar-refractivity contribution in [3.63, 3.8) is 0 Å². The van der Waals surface area contributed by atoms with E-state index in [9.17, 15) is 4.79 Å². The van der Waals surface area contributed by atoms with E-state index in [1.807, 2.05) is 6.92 Å². The first-order valence-electron chi connectivity index (χ1n) is 5.03. The average Bonchev–Trinajstić information content (AvgIpc) is 2.04. The minimum absolute atomic E-state index is 0.133. The van der Waals surface area contributed by atoms with E-state index < -0.39 is 5.97 Å². The molecule has 0 aliphatic heterocycles. The van der Waals surface area contributed by atoms with E-state index in [-0.39, 0.29) is 12.5 Å². The summed E-state index contributed by atoms with van der Waals surface area (Å²) in [6.45, 7) is 8.06. The Morgan fingerprint density at radius 2 is 1.93 bits per heavy atom. The molecule has 0 fully saturated rings. The van der Waals surface area contributed by atoms with Crippen molar-refractivity contribution in [3.8, 4) is 0 Å². The van der Waals surface area contributed by atoms with Gasteiger partial charge in [-0.25, -0.2) is 0 Å². The van der Waals surface area contributed by atoms with Crippen LogP contribution in [0, 0.1) is 5.41 Å². The zero-order chi connectivity index (χ0) is 11.1. The van der Waals surface area contributed by atoms with Crippen LogP contribution in [-0.4, -0.2) is 40.8 Å². The minimum atomic E-state index is -0.915.